The topological polar surface area (TPSA) is 171 Å². The summed E-state index contributed by atoms with van der Waals surface area (Å²) >= 11 is 0. The maximum absolute atomic E-state index is 13.6. The lowest BCUT2D eigenvalue weighted by Gasteiger charge is -2.26. The third kappa shape index (κ3) is 9.86. The molecule has 0 aromatic heterocycles. The van der Waals surface area contributed by atoms with Gasteiger partial charge in [0.1, 0.15) is 24.2 Å². The number of aliphatic hydroxyl groups excluding tert-OH is 1. The third-order valence-electron chi connectivity index (χ3n) is 6.55. The Morgan fingerprint density at radius 1 is 0.610 bits per heavy atom. The minimum absolute atomic E-state index is 0.0534. The molecule has 5 unspecified atom stereocenters. The first-order valence-electron chi connectivity index (χ1n) is 13.3. The highest BCUT2D eigenvalue weighted by atomic mass is 16.4. The van der Waals surface area contributed by atoms with E-state index in [9.17, 15) is 29.4 Å². The van der Waals surface area contributed by atoms with Gasteiger partial charge < -0.3 is 31.9 Å². The normalized spacial score (nSPS) is 14.5. The fourth-order valence-corrected chi connectivity index (χ4v) is 4.20. The van der Waals surface area contributed by atoms with Crippen LogP contribution in [0.25, 0.3) is 0 Å². The Labute approximate surface area is 239 Å². The number of hydrogen-bond donors (Lipinski definition) is 6. The number of carboxylic acid groups (broad SMARTS) is 1. The minimum atomic E-state index is -1.27. The number of benzene rings is 3. The van der Waals surface area contributed by atoms with Gasteiger partial charge in [-0.15, -0.1) is 0 Å². The number of carboxylic acids is 1. The molecule has 10 heteroatoms. The highest BCUT2D eigenvalue weighted by Crippen LogP contribution is 2.09. The van der Waals surface area contributed by atoms with Gasteiger partial charge in [0.2, 0.25) is 17.7 Å². The molecule has 0 saturated carbocycles. The smallest absolute Gasteiger partial charge is 0.326 e. The first-order chi connectivity index (χ1) is 19.6. The fraction of sp³-hybridized carbons (Fsp3) is 0.290. The summed E-state index contributed by atoms with van der Waals surface area (Å²) in [6, 6.07) is 22.1. The van der Waals surface area contributed by atoms with Gasteiger partial charge in [-0.25, -0.2) is 4.79 Å². The second-order valence-corrected chi connectivity index (χ2v) is 9.86. The van der Waals surface area contributed by atoms with Crippen LogP contribution in [-0.4, -0.2) is 64.2 Å². The van der Waals surface area contributed by atoms with Gasteiger partial charge in [-0.05, 0) is 23.6 Å². The average Bonchev–Trinajstić information content (AvgIpc) is 2.97. The molecule has 0 spiro atoms. The molecule has 0 aliphatic rings. The summed E-state index contributed by atoms with van der Waals surface area (Å²) in [6.45, 7) is 1.37. The van der Waals surface area contributed by atoms with Crippen LogP contribution in [0, 0.1) is 0 Å². The third-order valence-corrected chi connectivity index (χ3v) is 6.55. The van der Waals surface area contributed by atoms with Crippen molar-refractivity contribution in [1.82, 2.24) is 16.0 Å². The van der Waals surface area contributed by atoms with Gasteiger partial charge in [0.05, 0.1) is 6.10 Å². The molecule has 10 nitrogen and oxygen atoms in total. The highest BCUT2D eigenvalue weighted by molar-refractivity contribution is 5.94. The number of amides is 3. The van der Waals surface area contributed by atoms with Crippen molar-refractivity contribution in [2.45, 2.75) is 56.5 Å². The molecule has 3 aromatic carbocycles. The lowest BCUT2D eigenvalue weighted by Crippen LogP contribution is -2.59. The van der Waals surface area contributed by atoms with Crippen molar-refractivity contribution in [2.75, 3.05) is 0 Å². The SMILES string of the molecule is CC(O)C(N)C(=O)NC(Cc1ccccc1)C(=O)NC(Cc1ccccc1)C(=O)NC(Cc1ccccc1)C(=O)O. The van der Waals surface area contributed by atoms with E-state index in [2.05, 4.69) is 16.0 Å². The van der Waals surface area contributed by atoms with E-state index in [1.54, 1.807) is 72.8 Å². The van der Waals surface area contributed by atoms with E-state index in [0.717, 1.165) is 16.7 Å². The molecule has 0 heterocycles. The number of carbonyl (C=O) groups is 4. The van der Waals surface area contributed by atoms with Crippen molar-refractivity contribution in [1.29, 1.82) is 0 Å². The van der Waals surface area contributed by atoms with Crippen LogP contribution in [0.1, 0.15) is 23.6 Å². The number of nitrogens with two attached hydrogens (primary N) is 1. The van der Waals surface area contributed by atoms with E-state index in [4.69, 9.17) is 5.73 Å². The fourth-order valence-electron chi connectivity index (χ4n) is 4.20. The number of carbonyl (C=O) groups excluding carboxylic acids is 3. The first-order valence-corrected chi connectivity index (χ1v) is 13.3. The molecular weight excluding hydrogens is 524 g/mol. The van der Waals surface area contributed by atoms with E-state index in [-0.39, 0.29) is 19.3 Å². The van der Waals surface area contributed by atoms with E-state index >= 15 is 0 Å². The molecule has 0 radical (unpaired) electrons. The molecule has 3 aromatic rings. The van der Waals surface area contributed by atoms with Gasteiger partial charge in [-0.3, -0.25) is 14.4 Å². The molecule has 3 amide bonds. The Balaban J connectivity index is 1.84. The van der Waals surface area contributed by atoms with E-state index in [1.165, 1.54) is 6.92 Å². The van der Waals surface area contributed by atoms with Crippen molar-refractivity contribution in [2.24, 2.45) is 5.73 Å². The van der Waals surface area contributed by atoms with Crippen LogP contribution in [0.3, 0.4) is 0 Å². The Kier molecular flexibility index (Phi) is 11.6. The van der Waals surface area contributed by atoms with Crippen LogP contribution in [0.15, 0.2) is 91.0 Å². The molecule has 41 heavy (non-hydrogen) atoms. The van der Waals surface area contributed by atoms with Gasteiger partial charge in [0.15, 0.2) is 0 Å². The summed E-state index contributed by atoms with van der Waals surface area (Å²) in [4.78, 5) is 51.7. The van der Waals surface area contributed by atoms with Gasteiger partial charge in [0.25, 0.3) is 0 Å². The summed E-state index contributed by atoms with van der Waals surface area (Å²) in [5, 5.41) is 27.4. The monoisotopic (exact) mass is 560 g/mol. The summed E-state index contributed by atoms with van der Waals surface area (Å²) < 4.78 is 0. The number of nitrogens with one attached hydrogen (secondary N) is 3. The quantitative estimate of drug-likeness (QED) is 0.170. The molecule has 216 valence electrons. The molecule has 0 aliphatic carbocycles. The highest BCUT2D eigenvalue weighted by Gasteiger charge is 2.31. The second kappa shape index (κ2) is 15.3. The number of hydrogen-bond acceptors (Lipinski definition) is 6. The summed E-state index contributed by atoms with van der Waals surface area (Å²) in [6.07, 6.45) is -0.923. The lowest BCUT2D eigenvalue weighted by molar-refractivity contribution is -0.142. The summed E-state index contributed by atoms with van der Waals surface area (Å²) in [7, 11) is 0. The second-order valence-electron chi connectivity index (χ2n) is 9.86. The minimum Gasteiger partial charge on any atom is -0.480 e. The molecular formula is C31H36N4O6. The van der Waals surface area contributed by atoms with Gasteiger partial charge in [-0.2, -0.15) is 0 Å². The Bertz CT molecular complexity index is 1290. The molecule has 0 fully saturated rings. The zero-order valence-corrected chi connectivity index (χ0v) is 22.8. The van der Waals surface area contributed by atoms with Gasteiger partial charge in [-0.1, -0.05) is 91.0 Å². The van der Waals surface area contributed by atoms with Gasteiger partial charge >= 0.3 is 5.97 Å². The van der Waals surface area contributed by atoms with Crippen LogP contribution >= 0.6 is 0 Å². The zero-order valence-electron chi connectivity index (χ0n) is 22.8. The maximum atomic E-state index is 13.6. The number of aliphatic carboxylic acids is 1. The predicted octanol–water partition coefficient (Wildman–Crippen LogP) is 0.962. The zero-order chi connectivity index (χ0) is 29.8. The largest absolute Gasteiger partial charge is 0.480 e. The Hall–Kier alpha value is -4.54. The molecule has 3 rings (SSSR count). The summed E-state index contributed by atoms with van der Waals surface area (Å²) in [5.41, 5.74) is 8.00. The van der Waals surface area contributed by atoms with E-state index in [1.807, 2.05) is 18.2 Å². The van der Waals surface area contributed by atoms with E-state index < -0.39 is 54.0 Å². The lowest BCUT2D eigenvalue weighted by atomic mass is 10.0. The molecule has 0 aliphatic heterocycles. The van der Waals surface area contributed by atoms with Crippen molar-refractivity contribution in [3.63, 3.8) is 0 Å². The molecule has 0 saturated heterocycles. The number of rotatable bonds is 14. The van der Waals surface area contributed by atoms with Crippen molar-refractivity contribution >= 4 is 23.7 Å². The summed E-state index contributed by atoms with van der Waals surface area (Å²) in [5.74, 6) is -3.29. The van der Waals surface area contributed by atoms with Crippen LogP contribution in [0.5, 0.6) is 0 Å². The molecule has 7 N–H and O–H groups in total. The average molecular weight is 561 g/mol. The standard InChI is InChI=1S/C31H36N4O6/c1-20(36)27(32)30(39)34-25(18-22-13-7-3-8-14-22)28(37)33-24(17-21-11-5-2-6-12-21)29(38)35-26(31(40)41)19-23-15-9-4-10-16-23/h2-16,20,24-27,36H,17-19,32H2,1H3,(H,33,37)(H,34,39)(H,35,38)(H,40,41). The van der Waals surface area contributed by atoms with Crippen LogP contribution in [-0.2, 0) is 38.4 Å². The predicted molar refractivity (Wildman–Crippen MR) is 154 cm³/mol. The number of aliphatic hydroxyl groups is 1. The van der Waals surface area contributed by atoms with Crippen LogP contribution in [0.2, 0.25) is 0 Å². The maximum Gasteiger partial charge on any atom is 0.326 e. The van der Waals surface area contributed by atoms with Crippen LogP contribution < -0.4 is 21.7 Å². The Morgan fingerprint density at radius 3 is 1.27 bits per heavy atom. The molecule has 5 atom stereocenters. The van der Waals surface area contributed by atoms with Crippen molar-refractivity contribution in [3.8, 4) is 0 Å². The van der Waals surface area contributed by atoms with Gasteiger partial charge in [0, 0.05) is 19.3 Å². The first kappa shape index (κ1) is 31.0. The van der Waals surface area contributed by atoms with Crippen LogP contribution in [0.4, 0.5) is 0 Å². The molecule has 0 bridgehead atoms. The van der Waals surface area contributed by atoms with E-state index in [0.29, 0.717) is 0 Å². The van der Waals surface area contributed by atoms with Crippen molar-refractivity contribution in [3.05, 3.63) is 108 Å². The van der Waals surface area contributed by atoms with Crippen molar-refractivity contribution < 1.29 is 29.4 Å². The Morgan fingerprint density at radius 2 is 0.927 bits per heavy atom.